The molecule has 0 aromatic heterocycles. The SMILES string of the molecule is CCC1CN(C(=O)c2ccc3c(c2)C(=O)N(C2CCC(=O)NC2=O)C3)CCN1. The summed E-state index contributed by atoms with van der Waals surface area (Å²) >= 11 is 0. The summed E-state index contributed by atoms with van der Waals surface area (Å²) in [4.78, 5) is 52.6. The van der Waals surface area contributed by atoms with Gasteiger partial charge in [-0.3, -0.25) is 24.5 Å². The molecule has 2 saturated heterocycles. The molecule has 0 aliphatic carbocycles. The molecule has 2 fully saturated rings. The summed E-state index contributed by atoms with van der Waals surface area (Å²) in [6, 6.07) is 4.85. The first-order valence-corrected chi connectivity index (χ1v) is 9.78. The van der Waals surface area contributed by atoms with Crippen LogP contribution in [-0.2, 0) is 16.1 Å². The van der Waals surface area contributed by atoms with Crippen LogP contribution in [0.1, 0.15) is 52.5 Å². The van der Waals surface area contributed by atoms with Crippen molar-refractivity contribution in [2.24, 2.45) is 0 Å². The van der Waals surface area contributed by atoms with Gasteiger partial charge in [-0.25, -0.2) is 0 Å². The smallest absolute Gasteiger partial charge is 0.255 e. The fourth-order valence-electron chi connectivity index (χ4n) is 4.15. The van der Waals surface area contributed by atoms with Gasteiger partial charge in [0.15, 0.2) is 0 Å². The Kier molecular flexibility index (Phi) is 4.89. The van der Waals surface area contributed by atoms with Crippen LogP contribution in [0.5, 0.6) is 0 Å². The van der Waals surface area contributed by atoms with E-state index in [0.717, 1.165) is 18.5 Å². The number of carbonyl (C=O) groups is 4. The van der Waals surface area contributed by atoms with Crippen molar-refractivity contribution in [3.8, 4) is 0 Å². The number of amides is 4. The van der Waals surface area contributed by atoms with Crippen molar-refractivity contribution in [1.29, 1.82) is 0 Å². The summed E-state index contributed by atoms with van der Waals surface area (Å²) in [7, 11) is 0. The van der Waals surface area contributed by atoms with Crippen molar-refractivity contribution in [2.45, 2.75) is 44.8 Å². The van der Waals surface area contributed by atoms with Crippen LogP contribution < -0.4 is 10.6 Å². The highest BCUT2D eigenvalue weighted by Gasteiger charge is 2.39. The van der Waals surface area contributed by atoms with Crippen molar-refractivity contribution in [3.63, 3.8) is 0 Å². The Morgan fingerprint density at radius 2 is 2.07 bits per heavy atom. The molecule has 2 unspecified atom stereocenters. The lowest BCUT2D eigenvalue weighted by Gasteiger charge is -2.33. The van der Waals surface area contributed by atoms with Gasteiger partial charge < -0.3 is 15.1 Å². The van der Waals surface area contributed by atoms with Gasteiger partial charge in [0.1, 0.15) is 6.04 Å². The third-order valence-electron chi connectivity index (χ3n) is 5.81. The van der Waals surface area contributed by atoms with Gasteiger partial charge in [-0.2, -0.15) is 0 Å². The van der Waals surface area contributed by atoms with Crippen molar-refractivity contribution in [1.82, 2.24) is 20.4 Å². The van der Waals surface area contributed by atoms with Crippen molar-refractivity contribution in [2.75, 3.05) is 19.6 Å². The highest BCUT2D eigenvalue weighted by Crippen LogP contribution is 2.28. The molecule has 1 aromatic rings. The van der Waals surface area contributed by atoms with Gasteiger partial charge in [-0.1, -0.05) is 13.0 Å². The van der Waals surface area contributed by atoms with E-state index in [1.54, 1.807) is 18.2 Å². The summed E-state index contributed by atoms with van der Waals surface area (Å²) in [5, 5.41) is 5.68. The molecule has 8 heteroatoms. The van der Waals surface area contributed by atoms with Crippen molar-refractivity contribution in [3.05, 3.63) is 34.9 Å². The van der Waals surface area contributed by atoms with E-state index in [9.17, 15) is 19.2 Å². The third-order valence-corrected chi connectivity index (χ3v) is 5.81. The lowest BCUT2D eigenvalue weighted by atomic mass is 10.0. The number of piperazine rings is 1. The number of nitrogens with zero attached hydrogens (tertiary/aromatic N) is 2. The Balaban J connectivity index is 1.52. The first kappa shape index (κ1) is 18.6. The standard InChI is InChI=1S/C20H24N4O4/c1-2-14-11-23(8-7-21-14)19(27)12-3-4-13-10-24(20(28)15(13)9-12)16-5-6-17(25)22-18(16)26/h3-4,9,14,16,21H,2,5-8,10-11H2,1H3,(H,22,25,26). The number of imide groups is 1. The van der Waals surface area contributed by atoms with Crippen molar-refractivity contribution >= 4 is 23.6 Å². The van der Waals surface area contributed by atoms with E-state index in [-0.39, 0.29) is 30.2 Å². The molecule has 1 aromatic carbocycles. The molecule has 2 N–H and O–H groups in total. The Labute approximate surface area is 163 Å². The molecule has 2 atom stereocenters. The second-order valence-corrected chi connectivity index (χ2v) is 7.58. The molecule has 3 aliphatic rings. The Hall–Kier alpha value is -2.74. The Morgan fingerprint density at radius 3 is 2.82 bits per heavy atom. The zero-order chi connectivity index (χ0) is 19.8. The molecule has 0 bridgehead atoms. The molecular weight excluding hydrogens is 360 g/mol. The van der Waals surface area contributed by atoms with E-state index >= 15 is 0 Å². The number of hydrogen-bond donors (Lipinski definition) is 2. The van der Waals surface area contributed by atoms with Gasteiger partial charge in [0.2, 0.25) is 11.8 Å². The summed E-state index contributed by atoms with van der Waals surface area (Å²) in [5.74, 6) is -1.07. The highest BCUT2D eigenvalue weighted by molar-refractivity contribution is 6.06. The fraction of sp³-hybridized carbons (Fsp3) is 0.500. The lowest BCUT2D eigenvalue weighted by Crippen LogP contribution is -2.52. The highest BCUT2D eigenvalue weighted by atomic mass is 16.2. The van der Waals surface area contributed by atoms with E-state index in [0.29, 0.717) is 37.2 Å². The maximum atomic E-state index is 12.9. The van der Waals surface area contributed by atoms with Crippen LogP contribution >= 0.6 is 0 Å². The average Bonchev–Trinajstić information content (AvgIpc) is 3.03. The molecule has 0 radical (unpaired) electrons. The van der Waals surface area contributed by atoms with E-state index in [1.807, 2.05) is 4.90 Å². The monoisotopic (exact) mass is 384 g/mol. The van der Waals surface area contributed by atoms with E-state index < -0.39 is 11.9 Å². The van der Waals surface area contributed by atoms with E-state index in [2.05, 4.69) is 17.6 Å². The van der Waals surface area contributed by atoms with Crippen molar-refractivity contribution < 1.29 is 19.2 Å². The van der Waals surface area contributed by atoms with Crippen LogP contribution in [0.25, 0.3) is 0 Å². The number of fused-ring (bicyclic) bond motifs is 1. The Morgan fingerprint density at radius 1 is 1.25 bits per heavy atom. The second kappa shape index (κ2) is 7.35. The predicted molar refractivity (Wildman–Crippen MR) is 100 cm³/mol. The van der Waals surface area contributed by atoms with E-state index in [1.165, 1.54) is 4.90 Å². The summed E-state index contributed by atoms with van der Waals surface area (Å²) in [6.45, 7) is 4.46. The predicted octanol–water partition coefficient (Wildman–Crippen LogP) is 0.272. The van der Waals surface area contributed by atoms with Gasteiger partial charge in [0.05, 0.1) is 0 Å². The molecule has 4 amide bonds. The Bertz CT molecular complexity index is 853. The number of nitrogens with one attached hydrogen (secondary N) is 2. The van der Waals surface area contributed by atoms with Crippen LogP contribution in [0.15, 0.2) is 18.2 Å². The van der Waals surface area contributed by atoms with Crippen LogP contribution in [0.2, 0.25) is 0 Å². The van der Waals surface area contributed by atoms with Gasteiger partial charge in [0.25, 0.3) is 11.8 Å². The van der Waals surface area contributed by atoms with Crippen LogP contribution in [0.3, 0.4) is 0 Å². The minimum Gasteiger partial charge on any atom is -0.336 e. The van der Waals surface area contributed by atoms with Gasteiger partial charge >= 0.3 is 0 Å². The summed E-state index contributed by atoms with van der Waals surface area (Å²) < 4.78 is 0. The third kappa shape index (κ3) is 3.28. The number of benzene rings is 1. The molecule has 0 spiro atoms. The quantitative estimate of drug-likeness (QED) is 0.729. The first-order valence-electron chi connectivity index (χ1n) is 9.78. The van der Waals surface area contributed by atoms with E-state index in [4.69, 9.17) is 0 Å². The number of rotatable bonds is 3. The second-order valence-electron chi connectivity index (χ2n) is 7.58. The minimum absolute atomic E-state index is 0.0741. The normalized spacial score (nSPS) is 25.0. The maximum absolute atomic E-state index is 12.9. The first-order chi connectivity index (χ1) is 13.5. The largest absolute Gasteiger partial charge is 0.336 e. The molecule has 28 heavy (non-hydrogen) atoms. The summed E-state index contributed by atoms with van der Waals surface area (Å²) in [5.41, 5.74) is 1.77. The number of carbonyl (C=O) groups excluding carboxylic acids is 4. The van der Waals surface area contributed by atoms with Gasteiger partial charge in [-0.05, 0) is 30.5 Å². The van der Waals surface area contributed by atoms with Crippen LogP contribution in [0, 0.1) is 0 Å². The number of piperidine rings is 1. The zero-order valence-corrected chi connectivity index (χ0v) is 15.9. The molecular formula is C20H24N4O4. The average molecular weight is 384 g/mol. The topological polar surface area (TPSA) is 98.8 Å². The van der Waals surface area contributed by atoms with Crippen LogP contribution in [-0.4, -0.2) is 65.1 Å². The zero-order valence-electron chi connectivity index (χ0n) is 15.9. The fourth-order valence-corrected chi connectivity index (χ4v) is 4.15. The van der Waals surface area contributed by atoms with Crippen LogP contribution in [0.4, 0.5) is 0 Å². The lowest BCUT2D eigenvalue weighted by molar-refractivity contribution is -0.136. The molecule has 3 aliphatic heterocycles. The van der Waals surface area contributed by atoms with Gasteiger partial charge in [-0.15, -0.1) is 0 Å². The molecule has 3 heterocycles. The summed E-state index contributed by atoms with van der Waals surface area (Å²) in [6.07, 6.45) is 1.50. The molecule has 148 valence electrons. The number of hydrogen-bond acceptors (Lipinski definition) is 5. The molecule has 8 nitrogen and oxygen atoms in total. The molecule has 0 saturated carbocycles. The molecule has 4 rings (SSSR count). The maximum Gasteiger partial charge on any atom is 0.255 e. The minimum atomic E-state index is -0.643. The van der Waals surface area contributed by atoms with Gasteiger partial charge in [0, 0.05) is 49.8 Å².